The Kier molecular flexibility index (Phi) is 6.48. The Labute approximate surface area is 247 Å². The van der Waals surface area contributed by atoms with Crippen molar-refractivity contribution in [3.63, 3.8) is 0 Å². The van der Waals surface area contributed by atoms with Crippen LogP contribution in [0, 0.1) is 32.7 Å². The van der Waals surface area contributed by atoms with Crippen LogP contribution in [0.25, 0.3) is 0 Å². The van der Waals surface area contributed by atoms with Crippen molar-refractivity contribution < 1.29 is 24.3 Å². The number of phenolic OH excluding ortho intramolecular Hbond substituents is 1. The number of hydrogen-bond acceptors (Lipinski definition) is 5. The number of rotatable bonds is 4. The van der Waals surface area contributed by atoms with Crippen LogP contribution in [0.15, 0.2) is 78.4 Å². The molecule has 1 aliphatic heterocycles. The lowest BCUT2D eigenvalue weighted by Gasteiger charge is -2.53. The molecule has 0 aromatic heterocycles. The monoisotopic (exact) mass is 647 g/mol. The van der Waals surface area contributed by atoms with Crippen LogP contribution < -0.4 is 4.90 Å². The van der Waals surface area contributed by atoms with Gasteiger partial charge in [-0.3, -0.25) is 24.1 Å². The van der Waals surface area contributed by atoms with Gasteiger partial charge in [-0.05, 0) is 96.2 Å². The number of fused-ring (bicyclic) bond motifs is 4. The summed E-state index contributed by atoms with van der Waals surface area (Å²) in [7, 11) is 0. The third-order valence-corrected chi connectivity index (χ3v) is 10.3. The minimum atomic E-state index is -1.13. The Morgan fingerprint density at radius 3 is 2.50 bits per heavy atom. The first-order valence-corrected chi connectivity index (χ1v) is 14.7. The summed E-state index contributed by atoms with van der Waals surface area (Å²) < 4.78 is 0.999. The molecular formula is C33H30INO5. The quantitative estimate of drug-likeness (QED) is 0.262. The van der Waals surface area contributed by atoms with Crippen LogP contribution in [0.5, 0.6) is 5.75 Å². The Balaban J connectivity index is 1.51. The number of benzene rings is 2. The number of phenols is 1. The average Bonchev–Trinajstić information content (AvgIpc) is 3.18. The van der Waals surface area contributed by atoms with E-state index in [4.69, 9.17) is 0 Å². The number of imide groups is 1. The van der Waals surface area contributed by atoms with Gasteiger partial charge in [0.15, 0.2) is 11.6 Å². The number of Topliss-reactive ketones (excluding diaryl/α,β-unsaturated/α-hetero) is 1. The zero-order chi connectivity index (χ0) is 28.5. The maximum absolute atomic E-state index is 14.0. The molecule has 6 atom stereocenters. The molecule has 0 unspecified atom stereocenters. The molecule has 0 bridgehead atoms. The van der Waals surface area contributed by atoms with Crippen molar-refractivity contribution in [3.8, 4) is 5.75 Å². The van der Waals surface area contributed by atoms with Gasteiger partial charge in [0.2, 0.25) is 11.8 Å². The maximum atomic E-state index is 14.0. The topological polar surface area (TPSA) is 91.8 Å². The molecular weight excluding hydrogens is 617 g/mol. The van der Waals surface area contributed by atoms with E-state index in [-0.39, 0.29) is 29.1 Å². The molecule has 1 N–H and O–H groups in total. The van der Waals surface area contributed by atoms with Crippen molar-refractivity contribution in [2.45, 2.75) is 39.0 Å². The second-order valence-electron chi connectivity index (χ2n) is 11.6. The Bertz CT molecular complexity index is 1550. The van der Waals surface area contributed by atoms with Gasteiger partial charge in [-0.1, -0.05) is 42.8 Å². The summed E-state index contributed by atoms with van der Waals surface area (Å²) in [6.07, 6.45) is 6.26. The largest absolute Gasteiger partial charge is 0.507 e. The fraction of sp³-hybridized carbons (Fsp3) is 0.333. The minimum Gasteiger partial charge on any atom is -0.507 e. The lowest BCUT2D eigenvalue weighted by molar-refractivity contribution is -0.141. The summed E-state index contributed by atoms with van der Waals surface area (Å²) >= 11 is 2.18. The highest BCUT2D eigenvalue weighted by atomic mass is 127. The highest BCUT2D eigenvalue weighted by Crippen LogP contribution is 2.63. The van der Waals surface area contributed by atoms with E-state index < -0.39 is 35.0 Å². The SMILES string of the molecule is C=CCc1cccc([C@H]2C3=CC[C@@H]4C(=O)N(c5ccc(I)cc5)C(=O)[C@@H]4[C@@H]3C[C@H]3C(=O)C=C(C)C(=O)[C@@]23C)c1O. The number of aromatic hydroxyl groups is 1. The summed E-state index contributed by atoms with van der Waals surface area (Å²) in [5.74, 6) is -3.52. The van der Waals surface area contributed by atoms with E-state index in [9.17, 15) is 24.3 Å². The van der Waals surface area contributed by atoms with Crippen molar-refractivity contribution in [3.05, 3.63) is 93.1 Å². The molecule has 2 amide bonds. The number of nitrogens with zero attached hydrogens (tertiary/aromatic N) is 1. The zero-order valence-electron chi connectivity index (χ0n) is 22.4. The summed E-state index contributed by atoms with van der Waals surface area (Å²) in [4.78, 5) is 56.5. The Morgan fingerprint density at radius 2 is 1.80 bits per heavy atom. The molecule has 4 aliphatic rings. The molecule has 1 saturated carbocycles. The van der Waals surface area contributed by atoms with Crippen LogP contribution in [0.2, 0.25) is 0 Å². The molecule has 40 heavy (non-hydrogen) atoms. The van der Waals surface area contributed by atoms with E-state index in [2.05, 4.69) is 29.2 Å². The fourth-order valence-corrected chi connectivity index (χ4v) is 8.11. The van der Waals surface area contributed by atoms with Gasteiger partial charge in [0.25, 0.3) is 0 Å². The van der Waals surface area contributed by atoms with Gasteiger partial charge < -0.3 is 5.11 Å². The van der Waals surface area contributed by atoms with Crippen LogP contribution in [-0.2, 0) is 25.6 Å². The lowest BCUT2D eigenvalue weighted by atomic mass is 9.47. The molecule has 1 saturated heterocycles. The molecule has 3 aliphatic carbocycles. The molecule has 2 fully saturated rings. The Hall–Kier alpha value is -3.33. The van der Waals surface area contributed by atoms with Crippen molar-refractivity contribution in [2.75, 3.05) is 4.90 Å². The van der Waals surface area contributed by atoms with E-state index >= 15 is 0 Å². The average molecular weight is 648 g/mol. The summed E-state index contributed by atoms with van der Waals surface area (Å²) in [6, 6.07) is 12.8. The number of para-hydroxylation sites is 1. The van der Waals surface area contributed by atoms with Gasteiger partial charge in [0.05, 0.1) is 22.9 Å². The molecule has 1 heterocycles. The van der Waals surface area contributed by atoms with E-state index in [1.807, 2.05) is 43.3 Å². The minimum absolute atomic E-state index is 0.0813. The van der Waals surface area contributed by atoms with E-state index in [0.717, 1.165) is 9.14 Å². The van der Waals surface area contributed by atoms with Crippen molar-refractivity contribution in [2.24, 2.45) is 29.1 Å². The van der Waals surface area contributed by atoms with Gasteiger partial charge in [0.1, 0.15) is 5.75 Å². The zero-order valence-corrected chi connectivity index (χ0v) is 24.6. The molecule has 204 valence electrons. The fourth-order valence-electron chi connectivity index (χ4n) is 7.75. The second-order valence-corrected chi connectivity index (χ2v) is 12.8. The lowest BCUT2D eigenvalue weighted by Crippen LogP contribution is -2.54. The number of ketones is 2. The number of anilines is 1. The summed E-state index contributed by atoms with van der Waals surface area (Å²) in [5.41, 5.74) is 1.94. The van der Waals surface area contributed by atoms with Crippen molar-refractivity contribution >= 4 is 51.7 Å². The highest BCUT2D eigenvalue weighted by Gasteiger charge is 2.63. The number of carbonyl (C=O) groups is 4. The standard InChI is InChI=1S/C33H30INO5/c1-4-6-18-7-5-8-23(29(18)37)28-21-13-14-22-27(32(40)35(31(22)39)20-11-9-19(34)10-12-20)24(21)16-25-26(36)15-17(2)30(38)33(25,28)3/h4-5,7-13,15,22,24-25,27-28,37H,1,6,14,16H2,2-3H3/t22-,24+,25-,27-,28+,33+/m0/s1. The van der Waals surface area contributed by atoms with Crippen LogP contribution in [0.3, 0.4) is 0 Å². The molecule has 6 nitrogen and oxygen atoms in total. The first-order valence-electron chi connectivity index (χ1n) is 13.6. The molecule has 7 heteroatoms. The molecule has 6 rings (SSSR count). The highest BCUT2D eigenvalue weighted by molar-refractivity contribution is 14.1. The molecule has 0 spiro atoms. The normalized spacial score (nSPS) is 31.3. The van der Waals surface area contributed by atoms with Gasteiger partial charge in [-0.2, -0.15) is 0 Å². The number of carbonyl (C=O) groups excluding carboxylic acids is 4. The van der Waals surface area contributed by atoms with Crippen LogP contribution in [0.1, 0.15) is 43.7 Å². The Morgan fingerprint density at radius 1 is 1.07 bits per heavy atom. The summed E-state index contributed by atoms with van der Waals surface area (Å²) in [5, 5.41) is 11.5. The second kappa shape index (κ2) is 9.65. The van der Waals surface area contributed by atoms with Crippen LogP contribution in [-0.4, -0.2) is 28.5 Å². The maximum Gasteiger partial charge on any atom is 0.238 e. The van der Waals surface area contributed by atoms with Crippen LogP contribution in [0.4, 0.5) is 5.69 Å². The van der Waals surface area contributed by atoms with Gasteiger partial charge in [-0.25, -0.2) is 0 Å². The third kappa shape index (κ3) is 3.73. The van der Waals surface area contributed by atoms with Gasteiger partial charge in [0, 0.05) is 21.0 Å². The predicted molar refractivity (Wildman–Crippen MR) is 160 cm³/mol. The molecule has 0 radical (unpaired) electrons. The number of allylic oxidation sites excluding steroid dienone is 5. The molecule has 2 aromatic rings. The van der Waals surface area contributed by atoms with Crippen molar-refractivity contribution in [1.29, 1.82) is 0 Å². The molecule has 2 aromatic carbocycles. The first-order chi connectivity index (χ1) is 19.1. The number of halogens is 1. The summed E-state index contributed by atoms with van der Waals surface area (Å²) in [6.45, 7) is 7.30. The van der Waals surface area contributed by atoms with E-state index in [1.165, 1.54) is 11.0 Å². The van der Waals surface area contributed by atoms with Gasteiger partial charge >= 0.3 is 0 Å². The van der Waals surface area contributed by atoms with Crippen LogP contribution >= 0.6 is 22.6 Å². The van der Waals surface area contributed by atoms with Gasteiger partial charge in [-0.15, -0.1) is 6.58 Å². The first kappa shape index (κ1) is 26.9. The smallest absolute Gasteiger partial charge is 0.238 e. The van der Waals surface area contributed by atoms with Crippen molar-refractivity contribution in [1.82, 2.24) is 0 Å². The number of amides is 2. The third-order valence-electron chi connectivity index (χ3n) is 9.55. The van der Waals surface area contributed by atoms with E-state index in [1.54, 1.807) is 25.1 Å². The predicted octanol–water partition coefficient (Wildman–Crippen LogP) is 5.69. The van der Waals surface area contributed by atoms with E-state index in [0.29, 0.717) is 41.6 Å². The number of hydrogen-bond donors (Lipinski definition) is 1.